The molecule has 1 saturated heterocycles. The summed E-state index contributed by atoms with van der Waals surface area (Å²) in [6.45, 7) is 8.21. The monoisotopic (exact) mass is 258 g/mol. The third kappa shape index (κ3) is 1.80. The fourth-order valence-electron chi connectivity index (χ4n) is 2.37. The molecule has 4 nitrogen and oxygen atoms in total. The van der Waals surface area contributed by atoms with Crippen LogP contribution in [0.1, 0.15) is 27.7 Å². The van der Waals surface area contributed by atoms with E-state index in [2.05, 4.69) is 43.3 Å². The van der Waals surface area contributed by atoms with Gasteiger partial charge in [-0.15, -0.1) is 0 Å². The van der Waals surface area contributed by atoms with Gasteiger partial charge in [-0.25, -0.2) is 0 Å². The van der Waals surface area contributed by atoms with Crippen molar-refractivity contribution in [2.45, 2.75) is 38.9 Å². The quantitative estimate of drug-likeness (QED) is 0.733. The van der Waals surface area contributed by atoms with Crippen molar-refractivity contribution < 1.29 is 9.31 Å². The van der Waals surface area contributed by atoms with Gasteiger partial charge in [-0.05, 0) is 39.8 Å². The van der Waals surface area contributed by atoms with Gasteiger partial charge in [0.1, 0.15) is 0 Å². The second-order valence-corrected chi connectivity index (χ2v) is 6.14. The van der Waals surface area contributed by atoms with Crippen LogP contribution in [0.3, 0.4) is 0 Å². The molecule has 1 aliphatic rings. The molecule has 0 aliphatic carbocycles. The van der Waals surface area contributed by atoms with Crippen LogP contribution in [0, 0.1) is 0 Å². The third-order valence-electron chi connectivity index (χ3n) is 4.32. The third-order valence-corrected chi connectivity index (χ3v) is 4.32. The standard InChI is InChI=1S/C14H19BN2O2/c1-13(2)14(3,4)19-15(18-13)12-10-7-9-17(5)11(10)6-8-16-12/h6-9H,1-5H3. The van der Waals surface area contributed by atoms with Crippen LogP contribution >= 0.6 is 0 Å². The molecule has 0 saturated carbocycles. The highest BCUT2D eigenvalue weighted by atomic mass is 16.7. The van der Waals surface area contributed by atoms with Gasteiger partial charge in [0, 0.05) is 24.8 Å². The molecule has 0 N–H and O–H groups in total. The van der Waals surface area contributed by atoms with E-state index in [4.69, 9.17) is 9.31 Å². The van der Waals surface area contributed by atoms with Crippen LogP contribution in [-0.2, 0) is 16.4 Å². The van der Waals surface area contributed by atoms with Crippen molar-refractivity contribution in [2.75, 3.05) is 0 Å². The van der Waals surface area contributed by atoms with Crippen molar-refractivity contribution in [1.29, 1.82) is 0 Å². The Labute approximate surface area is 113 Å². The molecule has 0 radical (unpaired) electrons. The van der Waals surface area contributed by atoms with Crippen LogP contribution in [0.5, 0.6) is 0 Å². The normalized spacial score (nSPS) is 21.2. The van der Waals surface area contributed by atoms with Crippen LogP contribution in [0.2, 0.25) is 0 Å². The molecule has 0 aromatic carbocycles. The molecule has 0 spiro atoms. The van der Waals surface area contributed by atoms with E-state index in [0.717, 1.165) is 16.5 Å². The minimum Gasteiger partial charge on any atom is -0.398 e. The van der Waals surface area contributed by atoms with Gasteiger partial charge < -0.3 is 13.9 Å². The van der Waals surface area contributed by atoms with E-state index in [1.165, 1.54) is 0 Å². The summed E-state index contributed by atoms with van der Waals surface area (Å²) >= 11 is 0. The lowest BCUT2D eigenvalue weighted by Crippen LogP contribution is -2.41. The summed E-state index contributed by atoms with van der Waals surface area (Å²) in [6.07, 6.45) is 3.84. The molecular formula is C14H19BN2O2. The Balaban J connectivity index is 2.07. The molecule has 1 aliphatic heterocycles. The lowest BCUT2D eigenvalue weighted by molar-refractivity contribution is 0.00578. The van der Waals surface area contributed by atoms with Crippen molar-refractivity contribution in [3.8, 4) is 0 Å². The average Bonchev–Trinajstić information content (AvgIpc) is 2.78. The molecular weight excluding hydrogens is 239 g/mol. The van der Waals surface area contributed by atoms with Gasteiger partial charge in [0.05, 0.1) is 22.3 Å². The maximum absolute atomic E-state index is 6.07. The van der Waals surface area contributed by atoms with E-state index in [-0.39, 0.29) is 11.2 Å². The number of fused-ring (bicyclic) bond motifs is 1. The molecule has 1 fully saturated rings. The second kappa shape index (κ2) is 3.84. The number of nitrogens with zero attached hydrogens (tertiary/aromatic N) is 2. The molecule has 0 amide bonds. The largest absolute Gasteiger partial charge is 0.515 e. The number of rotatable bonds is 1. The summed E-state index contributed by atoms with van der Waals surface area (Å²) in [7, 11) is 1.62. The Bertz CT molecular complexity index is 617. The van der Waals surface area contributed by atoms with Crippen molar-refractivity contribution >= 4 is 23.6 Å². The van der Waals surface area contributed by atoms with Gasteiger partial charge in [-0.2, -0.15) is 0 Å². The van der Waals surface area contributed by atoms with Crippen molar-refractivity contribution in [1.82, 2.24) is 9.55 Å². The Morgan fingerprint density at radius 2 is 1.74 bits per heavy atom. The maximum Gasteiger partial charge on any atom is 0.515 e. The van der Waals surface area contributed by atoms with Gasteiger partial charge >= 0.3 is 7.12 Å². The summed E-state index contributed by atoms with van der Waals surface area (Å²) in [6, 6.07) is 4.06. The Morgan fingerprint density at radius 3 is 2.37 bits per heavy atom. The number of pyridine rings is 1. The minimum atomic E-state index is -0.406. The summed E-state index contributed by atoms with van der Waals surface area (Å²) in [5.74, 6) is 0. The predicted octanol–water partition coefficient (Wildman–Crippen LogP) is 1.87. The first-order valence-corrected chi connectivity index (χ1v) is 6.57. The van der Waals surface area contributed by atoms with E-state index < -0.39 is 7.12 Å². The van der Waals surface area contributed by atoms with Crippen molar-refractivity contribution in [3.63, 3.8) is 0 Å². The highest BCUT2D eigenvalue weighted by Gasteiger charge is 2.52. The molecule has 0 unspecified atom stereocenters. The molecule has 100 valence electrons. The van der Waals surface area contributed by atoms with Gasteiger partial charge in [-0.1, -0.05) is 0 Å². The smallest absolute Gasteiger partial charge is 0.398 e. The molecule has 19 heavy (non-hydrogen) atoms. The van der Waals surface area contributed by atoms with Crippen molar-refractivity contribution in [2.24, 2.45) is 7.05 Å². The Morgan fingerprint density at radius 1 is 1.11 bits per heavy atom. The minimum absolute atomic E-state index is 0.337. The fourth-order valence-corrected chi connectivity index (χ4v) is 2.37. The van der Waals surface area contributed by atoms with Gasteiger partial charge in [0.25, 0.3) is 0 Å². The molecule has 0 bridgehead atoms. The van der Waals surface area contributed by atoms with Crippen molar-refractivity contribution in [3.05, 3.63) is 24.5 Å². The topological polar surface area (TPSA) is 36.3 Å². The summed E-state index contributed by atoms with van der Waals surface area (Å²) in [5.41, 5.74) is 1.32. The first-order chi connectivity index (χ1) is 8.82. The molecule has 3 rings (SSSR count). The Kier molecular flexibility index (Phi) is 2.56. The number of hydrogen-bond acceptors (Lipinski definition) is 3. The lowest BCUT2D eigenvalue weighted by atomic mass is 9.82. The molecule has 0 atom stereocenters. The van der Waals surface area contributed by atoms with Gasteiger partial charge in [0.2, 0.25) is 0 Å². The molecule has 2 aromatic heterocycles. The van der Waals surface area contributed by atoms with Gasteiger partial charge in [0.15, 0.2) is 0 Å². The summed E-state index contributed by atoms with van der Waals surface area (Å²) < 4.78 is 14.2. The van der Waals surface area contributed by atoms with Crippen LogP contribution < -0.4 is 5.59 Å². The summed E-state index contributed by atoms with van der Waals surface area (Å²) in [5, 5.41) is 1.09. The van der Waals surface area contributed by atoms with Crippen LogP contribution in [0.4, 0.5) is 0 Å². The predicted molar refractivity (Wildman–Crippen MR) is 76.4 cm³/mol. The first kappa shape index (κ1) is 12.7. The number of aryl methyl sites for hydroxylation is 1. The number of hydrogen-bond donors (Lipinski definition) is 0. The number of aromatic nitrogens is 2. The maximum atomic E-state index is 6.07. The average molecular weight is 258 g/mol. The lowest BCUT2D eigenvalue weighted by Gasteiger charge is -2.32. The van der Waals surface area contributed by atoms with E-state index in [0.29, 0.717) is 0 Å². The molecule has 2 aromatic rings. The highest BCUT2D eigenvalue weighted by molar-refractivity contribution is 6.64. The first-order valence-electron chi connectivity index (χ1n) is 6.57. The van der Waals surface area contributed by atoms with Crippen LogP contribution in [0.15, 0.2) is 24.5 Å². The highest BCUT2D eigenvalue weighted by Crippen LogP contribution is 2.36. The zero-order chi connectivity index (χ0) is 13.8. The van der Waals surface area contributed by atoms with E-state index in [1.807, 2.05) is 25.5 Å². The zero-order valence-corrected chi connectivity index (χ0v) is 12.1. The zero-order valence-electron chi connectivity index (χ0n) is 12.1. The fraction of sp³-hybridized carbons (Fsp3) is 0.500. The van der Waals surface area contributed by atoms with E-state index >= 15 is 0 Å². The second-order valence-electron chi connectivity index (χ2n) is 6.14. The van der Waals surface area contributed by atoms with Crippen LogP contribution in [-0.4, -0.2) is 27.9 Å². The summed E-state index contributed by atoms with van der Waals surface area (Å²) in [4.78, 5) is 4.47. The molecule has 3 heterocycles. The van der Waals surface area contributed by atoms with Crippen LogP contribution in [0.25, 0.3) is 10.9 Å². The van der Waals surface area contributed by atoms with Gasteiger partial charge in [-0.3, -0.25) is 4.98 Å². The SMILES string of the molecule is Cn1ccc2c(B3OC(C)(C)C(C)(C)O3)nccc21. The van der Waals surface area contributed by atoms with E-state index in [1.54, 1.807) is 0 Å². The Hall–Kier alpha value is -1.33. The molecule has 5 heteroatoms. The van der Waals surface area contributed by atoms with E-state index in [9.17, 15) is 0 Å².